The average Bonchev–Trinajstić information content (AvgIpc) is 2.97. The molecule has 2 aliphatic rings. The van der Waals surface area contributed by atoms with Crippen molar-refractivity contribution in [3.63, 3.8) is 0 Å². The summed E-state index contributed by atoms with van der Waals surface area (Å²) in [5, 5.41) is 3.94. The van der Waals surface area contributed by atoms with E-state index in [1.165, 1.54) is 5.56 Å². The van der Waals surface area contributed by atoms with Crippen molar-refractivity contribution in [3.8, 4) is 0 Å². The molecule has 3 nitrogen and oxygen atoms in total. The molecule has 18 heavy (non-hydrogen) atoms. The fourth-order valence-corrected chi connectivity index (χ4v) is 2.83. The van der Waals surface area contributed by atoms with Gasteiger partial charge >= 0.3 is 0 Å². The number of hydrogen-bond acceptors (Lipinski definition) is 2. The van der Waals surface area contributed by atoms with Crippen molar-refractivity contribution in [2.45, 2.75) is 12.8 Å². The number of hydrogen-bond donors (Lipinski definition) is 1. The highest BCUT2D eigenvalue weighted by Gasteiger charge is 2.31. The zero-order valence-electron chi connectivity index (χ0n) is 9.99. The van der Waals surface area contributed by atoms with Crippen LogP contribution in [-0.4, -0.2) is 25.5 Å². The van der Waals surface area contributed by atoms with E-state index in [0.717, 1.165) is 38.2 Å². The number of rotatable bonds is 1. The van der Waals surface area contributed by atoms with E-state index < -0.39 is 0 Å². The first kappa shape index (κ1) is 13.7. The van der Waals surface area contributed by atoms with E-state index in [2.05, 4.69) is 5.32 Å². The monoisotopic (exact) mass is 286 g/mol. The summed E-state index contributed by atoms with van der Waals surface area (Å²) in [4.78, 5) is 14.3. The number of amides is 1. The van der Waals surface area contributed by atoms with Crippen LogP contribution < -0.4 is 10.2 Å². The van der Waals surface area contributed by atoms with Crippen molar-refractivity contribution in [3.05, 3.63) is 28.8 Å². The largest absolute Gasteiger partial charge is 0.316 e. The Labute approximate surface area is 118 Å². The molecule has 0 aromatic heterocycles. The van der Waals surface area contributed by atoms with E-state index in [0.29, 0.717) is 5.02 Å². The van der Waals surface area contributed by atoms with Crippen LogP contribution in [0.4, 0.5) is 5.69 Å². The second-order valence-electron chi connectivity index (χ2n) is 4.70. The average molecular weight is 287 g/mol. The third-order valence-electron chi connectivity index (χ3n) is 3.62. The SMILES string of the molecule is Cl.O=C(C1CCNC1)N1CCc2ccc(Cl)cc21. The Bertz CT molecular complexity index is 458. The smallest absolute Gasteiger partial charge is 0.231 e. The molecule has 1 aromatic rings. The molecule has 1 unspecified atom stereocenters. The molecule has 0 spiro atoms. The first-order valence-corrected chi connectivity index (χ1v) is 6.44. The van der Waals surface area contributed by atoms with Crippen LogP contribution in [0, 0.1) is 5.92 Å². The van der Waals surface area contributed by atoms with Gasteiger partial charge in [-0.3, -0.25) is 4.79 Å². The molecule has 98 valence electrons. The van der Waals surface area contributed by atoms with Crippen LogP contribution in [-0.2, 0) is 11.2 Å². The van der Waals surface area contributed by atoms with Crippen LogP contribution in [0.25, 0.3) is 0 Å². The molecule has 1 aromatic carbocycles. The van der Waals surface area contributed by atoms with Gasteiger partial charge < -0.3 is 10.2 Å². The second-order valence-corrected chi connectivity index (χ2v) is 5.14. The Kier molecular flexibility index (Phi) is 4.15. The Morgan fingerprint density at radius 1 is 1.44 bits per heavy atom. The summed E-state index contributed by atoms with van der Waals surface area (Å²) in [6.45, 7) is 2.56. The van der Waals surface area contributed by atoms with Crippen LogP contribution in [0.5, 0.6) is 0 Å². The molecule has 3 rings (SSSR count). The minimum atomic E-state index is 0. The predicted molar refractivity (Wildman–Crippen MR) is 75.7 cm³/mol. The minimum Gasteiger partial charge on any atom is -0.316 e. The molecule has 1 atom stereocenters. The molecule has 2 heterocycles. The van der Waals surface area contributed by atoms with Crippen molar-refractivity contribution in [2.75, 3.05) is 24.5 Å². The fourth-order valence-electron chi connectivity index (χ4n) is 2.67. The van der Waals surface area contributed by atoms with Gasteiger partial charge in [-0.25, -0.2) is 0 Å². The maximum Gasteiger partial charge on any atom is 0.231 e. The molecular formula is C13H16Cl2N2O. The van der Waals surface area contributed by atoms with Gasteiger partial charge in [-0.05, 0) is 37.1 Å². The van der Waals surface area contributed by atoms with E-state index in [4.69, 9.17) is 11.6 Å². The summed E-state index contributed by atoms with van der Waals surface area (Å²) in [5.74, 6) is 0.385. The van der Waals surface area contributed by atoms with Crippen LogP contribution in [0.15, 0.2) is 18.2 Å². The molecule has 1 saturated heterocycles. The summed E-state index contributed by atoms with van der Waals surface area (Å²) in [6, 6.07) is 5.83. The number of carbonyl (C=O) groups is 1. The molecule has 0 aliphatic carbocycles. The zero-order valence-corrected chi connectivity index (χ0v) is 11.6. The first-order valence-electron chi connectivity index (χ1n) is 6.06. The molecule has 1 N–H and O–H groups in total. The lowest BCUT2D eigenvalue weighted by atomic mass is 10.1. The van der Waals surface area contributed by atoms with Gasteiger partial charge in [0, 0.05) is 23.8 Å². The van der Waals surface area contributed by atoms with E-state index in [-0.39, 0.29) is 24.2 Å². The Morgan fingerprint density at radius 3 is 3.00 bits per heavy atom. The van der Waals surface area contributed by atoms with Crippen molar-refractivity contribution < 1.29 is 4.79 Å². The molecule has 0 bridgehead atoms. The number of carbonyl (C=O) groups excluding carboxylic acids is 1. The van der Waals surface area contributed by atoms with Crippen LogP contribution in [0.2, 0.25) is 5.02 Å². The van der Waals surface area contributed by atoms with Crippen molar-refractivity contribution in [1.82, 2.24) is 5.32 Å². The number of halogens is 2. The van der Waals surface area contributed by atoms with Crippen molar-refractivity contribution >= 4 is 35.6 Å². The molecule has 0 saturated carbocycles. The van der Waals surface area contributed by atoms with Gasteiger partial charge in [-0.1, -0.05) is 17.7 Å². The molecular weight excluding hydrogens is 271 g/mol. The van der Waals surface area contributed by atoms with Crippen molar-refractivity contribution in [2.24, 2.45) is 5.92 Å². The van der Waals surface area contributed by atoms with Crippen LogP contribution in [0.3, 0.4) is 0 Å². The molecule has 5 heteroatoms. The molecule has 2 aliphatic heterocycles. The standard InChI is InChI=1S/C13H15ClN2O.ClH/c14-11-2-1-9-4-6-16(12(9)7-11)13(17)10-3-5-15-8-10;/h1-2,7,10,15H,3-6,8H2;1H. The lowest BCUT2D eigenvalue weighted by Crippen LogP contribution is -2.35. The Hall–Kier alpha value is -0.770. The van der Waals surface area contributed by atoms with Crippen molar-refractivity contribution in [1.29, 1.82) is 0 Å². The van der Waals surface area contributed by atoms with E-state index in [1.54, 1.807) is 0 Å². The minimum absolute atomic E-state index is 0. The van der Waals surface area contributed by atoms with Crippen LogP contribution in [0.1, 0.15) is 12.0 Å². The summed E-state index contributed by atoms with van der Waals surface area (Å²) < 4.78 is 0. The first-order chi connectivity index (χ1) is 8.25. The maximum absolute atomic E-state index is 12.4. The summed E-state index contributed by atoms with van der Waals surface area (Å²) in [5.41, 5.74) is 2.24. The highest BCUT2D eigenvalue weighted by atomic mass is 35.5. The summed E-state index contributed by atoms with van der Waals surface area (Å²) in [6.07, 6.45) is 1.89. The number of nitrogens with one attached hydrogen (secondary N) is 1. The lowest BCUT2D eigenvalue weighted by Gasteiger charge is -2.20. The van der Waals surface area contributed by atoms with Gasteiger partial charge in [0.2, 0.25) is 5.91 Å². The van der Waals surface area contributed by atoms with Gasteiger partial charge in [0.25, 0.3) is 0 Å². The van der Waals surface area contributed by atoms with Gasteiger partial charge in [0.1, 0.15) is 0 Å². The highest BCUT2D eigenvalue weighted by molar-refractivity contribution is 6.31. The number of benzene rings is 1. The van der Waals surface area contributed by atoms with E-state index in [9.17, 15) is 4.79 Å². The maximum atomic E-state index is 12.4. The third kappa shape index (κ3) is 2.35. The Balaban J connectivity index is 0.00000120. The van der Waals surface area contributed by atoms with E-state index >= 15 is 0 Å². The second kappa shape index (κ2) is 5.47. The van der Waals surface area contributed by atoms with Gasteiger partial charge in [-0.2, -0.15) is 0 Å². The normalized spacial score (nSPS) is 21.6. The topological polar surface area (TPSA) is 32.3 Å². The number of anilines is 1. The molecule has 0 radical (unpaired) electrons. The third-order valence-corrected chi connectivity index (χ3v) is 3.85. The summed E-state index contributed by atoms with van der Waals surface area (Å²) >= 11 is 6.00. The predicted octanol–water partition coefficient (Wildman–Crippen LogP) is 2.26. The number of nitrogens with zero attached hydrogens (tertiary/aromatic N) is 1. The number of fused-ring (bicyclic) bond motifs is 1. The fraction of sp³-hybridized carbons (Fsp3) is 0.462. The lowest BCUT2D eigenvalue weighted by molar-refractivity contribution is -0.121. The quantitative estimate of drug-likeness (QED) is 0.859. The Morgan fingerprint density at radius 2 is 2.28 bits per heavy atom. The zero-order chi connectivity index (χ0) is 11.8. The molecule has 1 fully saturated rings. The van der Waals surface area contributed by atoms with Gasteiger partial charge in [0.15, 0.2) is 0 Å². The van der Waals surface area contributed by atoms with Gasteiger partial charge in [0.05, 0.1) is 5.92 Å². The van der Waals surface area contributed by atoms with Crippen LogP contribution >= 0.6 is 24.0 Å². The van der Waals surface area contributed by atoms with E-state index in [1.807, 2.05) is 23.1 Å². The van der Waals surface area contributed by atoms with Gasteiger partial charge in [-0.15, -0.1) is 12.4 Å². The summed E-state index contributed by atoms with van der Waals surface area (Å²) in [7, 11) is 0. The highest BCUT2D eigenvalue weighted by Crippen LogP contribution is 2.32. The molecule has 1 amide bonds.